The molecule has 0 aliphatic carbocycles. The standard InChI is InChI=1S/C18H20O3/c1-13-8-9-16(14(2)10-13)11-17(18(19)20)21-12-15-6-4-3-5-7-15/h3-10,17H,11-12H2,1-2H3,(H,19,20). The molecule has 1 atom stereocenters. The van der Waals surface area contributed by atoms with Crippen molar-refractivity contribution in [2.45, 2.75) is 33.0 Å². The molecule has 2 rings (SSSR count). The van der Waals surface area contributed by atoms with Crippen LogP contribution in [0.1, 0.15) is 22.3 Å². The lowest BCUT2D eigenvalue weighted by Gasteiger charge is -2.15. The molecule has 0 heterocycles. The topological polar surface area (TPSA) is 46.5 Å². The highest BCUT2D eigenvalue weighted by molar-refractivity contribution is 5.72. The predicted octanol–water partition coefficient (Wildman–Crippen LogP) is 3.52. The third kappa shape index (κ3) is 4.43. The summed E-state index contributed by atoms with van der Waals surface area (Å²) in [7, 11) is 0. The summed E-state index contributed by atoms with van der Waals surface area (Å²) >= 11 is 0. The number of carbonyl (C=O) groups is 1. The molecule has 0 amide bonds. The Labute approximate surface area is 125 Å². The molecule has 0 saturated heterocycles. The minimum atomic E-state index is -0.925. The summed E-state index contributed by atoms with van der Waals surface area (Å²) < 4.78 is 5.58. The predicted molar refractivity (Wildman–Crippen MR) is 82.3 cm³/mol. The first-order chi connectivity index (χ1) is 10.1. The van der Waals surface area contributed by atoms with Crippen LogP contribution in [0.5, 0.6) is 0 Å². The molecule has 0 spiro atoms. The highest BCUT2D eigenvalue weighted by Gasteiger charge is 2.19. The fourth-order valence-corrected chi connectivity index (χ4v) is 2.26. The highest BCUT2D eigenvalue weighted by Crippen LogP contribution is 2.15. The van der Waals surface area contributed by atoms with Crippen molar-refractivity contribution in [1.82, 2.24) is 0 Å². The molecule has 3 nitrogen and oxygen atoms in total. The van der Waals surface area contributed by atoms with Crippen molar-refractivity contribution in [2.75, 3.05) is 0 Å². The molecule has 0 aliphatic rings. The maximum absolute atomic E-state index is 11.4. The quantitative estimate of drug-likeness (QED) is 0.883. The van der Waals surface area contributed by atoms with Crippen LogP contribution >= 0.6 is 0 Å². The first-order valence-electron chi connectivity index (χ1n) is 7.00. The van der Waals surface area contributed by atoms with Crippen LogP contribution in [0.2, 0.25) is 0 Å². The van der Waals surface area contributed by atoms with Crippen LogP contribution in [0.3, 0.4) is 0 Å². The van der Waals surface area contributed by atoms with Gasteiger partial charge in [-0.1, -0.05) is 54.1 Å². The van der Waals surface area contributed by atoms with Crippen molar-refractivity contribution in [3.05, 3.63) is 70.8 Å². The zero-order valence-electron chi connectivity index (χ0n) is 12.4. The minimum Gasteiger partial charge on any atom is -0.479 e. The first-order valence-corrected chi connectivity index (χ1v) is 7.00. The van der Waals surface area contributed by atoms with E-state index in [4.69, 9.17) is 4.74 Å². The Bertz CT molecular complexity index is 605. The molecule has 21 heavy (non-hydrogen) atoms. The zero-order valence-corrected chi connectivity index (χ0v) is 12.4. The molecule has 0 fully saturated rings. The summed E-state index contributed by atoms with van der Waals surface area (Å²) in [5.41, 5.74) is 4.27. The Balaban J connectivity index is 2.04. The Morgan fingerprint density at radius 2 is 1.86 bits per heavy atom. The maximum atomic E-state index is 11.4. The number of aliphatic carboxylic acids is 1. The first kappa shape index (κ1) is 15.3. The van der Waals surface area contributed by atoms with Gasteiger partial charge in [0.25, 0.3) is 0 Å². The zero-order chi connectivity index (χ0) is 15.2. The Morgan fingerprint density at radius 1 is 1.14 bits per heavy atom. The van der Waals surface area contributed by atoms with Crippen molar-refractivity contribution in [1.29, 1.82) is 0 Å². The van der Waals surface area contributed by atoms with E-state index in [-0.39, 0.29) is 0 Å². The van der Waals surface area contributed by atoms with E-state index >= 15 is 0 Å². The third-order valence-electron chi connectivity index (χ3n) is 3.47. The molecule has 2 aromatic rings. The molecule has 0 aliphatic heterocycles. The monoisotopic (exact) mass is 284 g/mol. The van der Waals surface area contributed by atoms with E-state index in [1.807, 2.05) is 56.3 Å². The van der Waals surface area contributed by atoms with Crippen LogP contribution in [0, 0.1) is 13.8 Å². The van der Waals surface area contributed by atoms with Crippen molar-refractivity contribution >= 4 is 5.97 Å². The van der Waals surface area contributed by atoms with Crippen LogP contribution in [0.25, 0.3) is 0 Å². The van der Waals surface area contributed by atoms with Gasteiger partial charge in [0, 0.05) is 6.42 Å². The van der Waals surface area contributed by atoms with Crippen LogP contribution in [0.15, 0.2) is 48.5 Å². The van der Waals surface area contributed by atoms with Gasteiger partial charge in [0.15, 0.2) is 6.10 Å². The van der Waals surface area contributed by atoms with Gasteiger partial charge < -0.3 is 9.84 Å². The van der Waals surface area contributed by atoms with Gasteiger partial charge in [-0.2, -0.15) is 0 Å². The van der Waals surface area contributed by atoms with Gasteiger partial charge >= 0.3 is 5.97 Å². The van der Waals surface area contributed by atoms with Gasteiger partial charge in [-0.05, 0) is 30.5 Å². The smallest absolute Gasteiger partial charge is 0.333 e. The van der Waals surface area contributed by atoms with Crippen molar-refractivity contribution in [3.63, 3.8) is 0 Å². The van der Waals surface area contributed by atoms with Gasteiger partial charge in [-0.15, -0.1) is 0 Å². The summed E-state index contributed by atoms with van der Waals surface area (Å²) in [5.74, 6) is -0.925. The second-order valence-corrected chi connectivity index (χ2v) is 5.26. The summed E-state index contributed by atoms with van der Waals surface area (Å²) in [6.07, 6.45) is -0.444. The van der Waals surface area contributed by atoms with E-state index in [1.54, 1.807) is 0 Å². The molecule has 0 bridgehead atoms. The van der Waals surface area contributed by atoms with Crippen LogP contribution < -0.4 is 0 Å². The normalized spacial score (nSPS) is 12.1. The Morgan fingerprint density at radius 3 is 2.48 bits per heavy atom. The average Bonchev–Trinajstić information content (AvgIpc) is 2.46. The van der Waals surface area contributed by atoms with Crippen LogP contribution in [0.4, 0.5) is 0 Å². The van der Waals surface area contributed by atoms with Crippen LogP contribution in [-0.2, 0) is 22.6 Å². The SMILES string of the molecule is Cc1ccc(CC(OCc2ccccc2)C(=O)O)c(C)c1. The van der Waals surface area contributed by atoms with E-state index < -0.39 is 12.1 Å². The summed E-state index contributed by atoms with van der Waals surface area (Å²) in [4.78, 5) is 11.4. The fourth-order valence-electron chi connectivity index (χ4n) is 2.26. The van der Waals surface area contributed by atoms with Crippen LogP contribution in [-0.4, -0.2) is 17.2 Å². The van der Waals surface area contributed by atoms with E-state index in [9.17, 15) is 9.90 Å². The van der Waals surface area contributed by atoms with Gasteiger partial charge in [-0.25, -0.2) is 4.79 Å². The number of rotatable bonds is 6. The molecular formula is C18H20O3. The van der Waals surface area contributed by atoms with E-state index in [0.717, 1.165) is 16.7 Å². The fraction of sp³-hybridized carbons (Fsp3) is 0.278. The van der Waals surface area contributed by atoms with Crippen molar-refractivity contribution < 1.29 is 14.6 Å². The lowest BCUT2D eigenvalue weighted by atomic mass is 10.0. The molecule has 2 aromatic carbocycles. The number of benzene rings is 2. The minimum absolute atomic E-state index is 0.308. The second-order valence-electron chi connectivity index (χ2n) is 5.26. The number of carboxylic acids is 1. The molecule has 3 heteroatoms. The van der Waals surface area contributed by atoms with Crippen molar-refractivity contribution in [2.24, 2.45) is 0 Å². The van der Waals surface area contributed by atoms with E-state index in [1.165, 1.54) is 5.56 Å². The lowest BCUT2D eigenvalue weighted by Crippen LogP contribution is -2.26. The molecule has 1 N–H and O–H groups in total. The number of aryl methyl sites for hydroxylation is 2. The Hall–Kier alpha value is -2.13. The van der Waals surface area contributed by atoms with Gasteiger partial charge in [0.05, 0.1) is 6.61 Å². The Kier molecular flexibility index (Phi) is 5.12. The molecule has 0 aromatic heterocycles. The molecular weight excluding hydrogens is 264 g/mol. The highest BCUT2D eigenvalue weighted by atomic mass is 16.5. The third-order valence-corrected chi connectivity index (χ3v) is 3.47. The second kappa shape index (κ2) is 7.04. The number of carboxylic acid groups (broad SMARTS) is 1. The number of ether oxygens (including phenoxy) is 1. The molecule has 0 saturated carbocycles. The van der Waals surface area contributed by atoms with Gasteiger partial charge in [-0.3, -0.25) is 0 Å². The number of hydrogen-bond donors (Lipinski definition) is 1. The van der Waals surface area contributed by atoms with E-state index in [2.05, 4.69) is 6.07 Å². The molecule has 1 unspecified atom stereocenters. The maximum Gasteiger partial charge on any atom is 0.333 e. The summed E-state index contributed by atoms with van der Waals surface area (Å²) in [6, 6.07) is 15.6. The summed E-state index contributed by atoms with van der Waals surface area (Å²) in [5, 5.41) is 9.33. The lowest BCUT2D eigenvalue weighted by molar-refractivity contribution is -0.151. The van der Waals surface area contributed by atoms with Gasteiger partial charge in [0.1, 0.15) is 0 Å². The molecule has 110 valence electrons. The molecule has 0 radical (unpaired) electrons. The van der Waals surface area contributed by atoms with E-state index in [0.29, 0.717) is 13.0 Å². The largest absolute Gasteiger partial charge is 0.479 e. The summed E-state index contributed by atoms with van der Waals surface area (Å²) in [6.45, 7) is 4.33. The number of hydrogen-bond acceptors (Lipinski definition) is 2. The van der Waals surface area contributed by atoms with Crippen molar-refractivity contribution in [3.8, 4) is 0 Å². The van der Waals surface area contributed by atoms with Gasteiger partial charge in [0.2, 0.25) is 0 Å². The average molecular weight is 284 g/mol.